The minimum absolute atomic E-state index is 0.631. The van der Waals surface area contributed by atoms with Crippen molar-refractivity contribution in [2.45, 2.75) is 0 Å². The summed E-state index contributed by atoms with van der Waals surface area (Å²) in [6, 6.07) is 54.9. The van der Waals surface area contributed by atoms with Crippen LogP contribution in [0, 0.1) is 0 Å². The molecule has 0 radical (unpaired) electrons. The smallest absolute Gasteiger partial charge is 0.227 e. The summed E-state index contributed by atoms with van der Waals surface area (Å²) in [5.74, 6) is 1.44. The van der Waals surface area contributed by atoms with Crippen molar-refractivity contribution in [3.05, 3.63) is 158 Å². The van der Waals surface area contributed by atoms with Crippen LogP contribution in [0.1, 0.15) is 0 Å². The number of anilines is 3. The van der Waals surface area contributed by atoms with Crippen LogP contribution in [0.3, 0.4) is 0 Å². The summed E-state index contributed by atoms with van der Waals surface area (Å²) in [6.45, 7) is 0. The first-order chi connectivity index (χ1) is 23.3. The Kier molecular flexibility index (Phi) is 5.54. The van der Waals surface area contributed by atoms with E-state index in [1.54, 1.807) is 0 Å². The molecule has 0 bridgehead atoms. The van der Waals surface area contributed by atoms with Crippen molar-refractivity contribution in [3.63, 3.8) is 0 Å². The molecule has 220 valence electrons. The molecular formula is C43H26N2O2. The number of para-hydroxylation sites is 1. The van der Waals surface area contributed by atoms with E-state index in [0.29, 0.717) is 5.89 Å². The van der Waals surface area contributed by atoms with Gasteiger partial charge in [0, 0.05) is 38.8 Å². The molecule has 2 heterocycles. The van der Waals surface area contributed by atoms with Crippen molar-refractivity contribution in [1.29, 1.82) is 0 Å². The van der Waals surface area contributed by atoms with Gasteiger partial charge in [0.25, 0.3) is 0 Å². The molecule has 0 N–H and O–H groups in total. The highest BCUT2D eigenvalue weighted by Gasteiger charge is 2.30. The zero-order valence-electron chi connectivity index (χ0n) is 25.2. The lowest BCUT2D eigenvalue weighted by molar-refractivity contribution is 0.590. The summed E-state index contributed by atoms with van der Waals surface area (Å²) in [5, 5.41) is 4.47. The van der Waals surface area contributed by atoms with Gasteiger partial charge in [0.1, 0.15) is 16.9 Å². The Labute approximate surface area is 270 Å². The second kappa shape index (κ2) is 10.1. The van der Waals surface area contributed by atoms with Crippen LogP contribution in [-0.2, 0) is 0 Å². The fourth-order valence-electron chi connectivity index (χ4n) is 7.11. The van der Waals surface area contributed by atoms with Crippen molar-refractivity contribution < 1.29 is 8.83 Å². The van der Waals surface area contributed by atoms with Crippen LogP contribution < -0.4 is 4.90 Å². The summed E-state index contributed by atoms with van der Waals surface area (Å²) in [5.41, 5.74) is 11.2. The Morgan fingerprint density at radius 2 is 1.17 bits per heavy atom. The lowest BCUT2D eigenvalue weighted by Gasteiger charge is -2.27. The highest BCUT2D eigenvalue weighted by Crippen LogP contribution is 2.52. The second-order valence-corrected chi connectivity index (χ2v) is 12.0. The zero-order chi connectivity index (χ0) is 30.9. The standard InChI is InChI=1S/C43H26N2O2/c1-3-11-27(12-4-1)28-21-23-31(24-22-28)45(36-18-10-20-38-40(36)33-16-7-8-19-37(33)46-38)32-25-30-15-9-17-34-39(30)35(26-32)42-41(34)44-43(47-42)29-13-5-2-6-14-29/h1-26H. The fourth-order valence-corrected chi connectivity index (χ4v) is 7.11. The van der Waals surface area contributed by atoms with Crippen LogP contribution in [0.15, 0.2) is 167 Å². The van der Waals surface area contributed by atoms with Crippen LogP contribution in [0.4, 0.5) is 17.1 Å². The molecule has 2 aromatic heterocycles. The number of hydrogen-bond donors (Lipinski definition) is 0. The first-order valence-electron chi connectivity index (χ1n) is 15.8. The van der Waals surface area contributed by atoms with Gasteiger partial charge in [0.05, 0.1) is 11.1 Å². The van der Waals surface area contributed by atoms with Crippen molar-refractivity contribution in [2.75, 3.05) is 4.90 Å². The minimum Gasteiger partial charge on any atom is -0.456 e. The van der Waals surface area contributed by atoms with Crippen molar-refractivity contribution in [3.8, 4) is 45.2 Å². The lowest BCUT2D eigenvalue weighted by atomic mass is 10.0. The molecule has 7 aromatic carbocycles. The molecule has 1 aliphatic carbocycles. The normalized spacial score (nSPS) is 11.8. The Morgan fingerprint density at radius 3 is 2.00 bits per heavy atom. The van der Waals surface area contributed by atoms with E-state index in [9.17, 15) is 0 Å². The van der Waals surface area contributed by atoms with Gasteiger partial charge in [-0.05, 0) is 71.1 Å². The third-order valence-electron chi connectivity index (χ3n) is 9.22. The average molecular weight is 603 g/mol. The van der Waals surface area contributed by atoms with Gasteiger partial charge in [-0.25, -0.2) is 4.98 Å². The van der Waals surface area contributed by atoms with E-state index < -0.39 is 0 Å². The predicted octanol–water partition coefficient (Wildman–Crippen LogP) is 12.2. The van der Waals surface area contributed by atoms with Gasteiger partial charge < -0.3 is 13.7 Å². The van der Waals surface area contributed by atoms with E-state index in [0.717, 1.165) is 72.5 Å². The average Bonchev–Trinajstić information content (AvgIpc) is 3.82. The van der Waals surface area contributed by atoms with Gasteiger partial charge in [0.15, 0.2) is 5.76 Å². The predicted molar refractivity (Wildman–Crippen MR) is 191 cm³/mol. The Hall–Kier alpha value is -6.39. The number of furan rings is 1. The molecule has 0 unspecified atom stereocenters. The topological polar surface area (TPSA) is 42.4 Å². The van der Waals surface area contributed by atoms with E-state index >= 15 is 0 Å². The van der Waals surface area contributed by atoms with Crippen LogP contribution in [0.5, 0.6) is 0 Å². The van der Waals surface area contributed by atoms with E-state index in [4.69, 9.17) is 13.8 Å². The number of oxazole rings is 1. The van der Waals surface area contributed by atoms with Gasteiger partial charge in [-0.1, -0.05) is 103 Å². The molecule has 9 aromatic rings. The van der Waals surface area contributed by atoms with Crippen molar-refractivity contribution in [2.24, 2.45) is 0 Å². The molecule has 0 spiro atoms. The largest absolute Gasteiger partial charge is 0.456 e. The Morgan fingerprint density at radius 1 is 0.468 bits per heavy atom. The van der Waals surface area contributed by atoms with Gasteiger partial charge in [-0.15, -0.1) is 0 Å². The van der Waals surface area contributed by atoms with Crippen molar-refractivity contribution >= 4 is 49.8 Å². The lowest BCUT2D eigenvalue weighted by Crippen LogP contribution is -2.10. The zero-order valence-corrected chi connectivity index (χ0v) is 25.2. The molecule has 0 aliphatic heterocycles. The minimum atomic E-state index is 0.631. The molecule has 0 amide bonds. The molecule has 0 saturated carbocycles. The van der Waals surface area contributed by atoms with E-state index in [-0.39, 0.29) is 0 Å². The summed E-state index contributed by atoms with van der Waals surface area (Å²) in [4.78, 5) is 7.35. The summed E-state index contributed by atoms with van der Waals surface area (Å²) >= 11 is 0. The third-order valence-corrected chi connectivity index (χ3v) is 9.22. The van der Waals surface area contributed by atoms with Crippen LogP contribution >= 0.6 is 0 Å². The Balaban J connectivity index is 1.22. The summed E-state index contributed by atoms with van der Waals surface area (Å²) < 4.78 is 12.9. The van der Waals surface area contributed by atoms with Crippen molar-refractivity contribution in [1.82, 2.24) is 4.98 Å². The number of rotatable bonds is 5. The molecule has 0 saturated heterocycles. The fraction of sp³-hybridized carbons (Fsp3) is 0. The number of benzene rings is 7. The number of hydrogen-bond acceptors (Lipinski definition) is 4. The molecule has 4 nitrogen and oxygen atoms in total. The first-order valence-corrected chi connectivity index (χ1v) is 15.8. The molecule has 0 atom stereocenters. The van der Waals surface area contributed by atoms with E-state index in [2.05, 4.69) is 108 Å². The highest BCUT2D eigenvalue weighted by molar-refractivity contribution is 6.17. The van der Waals surface area contributed by atoms with Gasteiger partial charge in [-0.2, -0.15) is 0 Å². The quantitative estimate of drug-likeness (QED) is 0.197. The van der Waals surface area contributed by atoms with Crippen LogP contribution in [-0.4, -0.2) is 4.98 Å². The number of nitrogens with zero attached hydrogens (tertiary/aromatic N) is 2. The van der Waals surface area contributed by atoms with E-state index in [1.165, 1.54) is 16.5 Å². The Bertz CT molecular complexity index is 2620. The summed E-state index contributed by atoms with van der Waals surface area (Å²) in [6.07, 6.45) is 0. The maximum absolute atomic E-state index is 6.57. The van der Waals surface area contributed by atoms with E-state index in [1.807, 2.05) is 54.6 Å². The molecule has 47 heavy (non-hydrogen) atoms. The molecule has 4 heteroatoms. The van der Waals surface area contributed by atoms with Crippen LogP contribution in [0.25, 0.3) is 77.9 Å². The number of aromatic nitrogens is 1. The van der Waals surface area contributed by atoms with Gasteiger partial charge in [-0.3, -0.25) is 0 Å². The third kappa shape index (κ3) is 3.98. The molecule has 10 rings (SSSR count). The van der Waals surface area contributed by atoms with Crippen LogP contribution in [0.2, 0.25) is 0 Å². The SMILES string of the molecule is c1ccc(-c2ccc(N(c3cc4c5c(cccc5c3)-c3nc(-c5ccccc5)oc3-4)c3cccc4oc5ccccc5c34)cc2)cc1. The maximum atomic E-state index is 6.57. The molecular weight excluding hydrogens is 576 g/mol. The number of fused-ring (bicyclic) bond motifs is 6. The highest BCUT2D eigenvalue weighted by atomic mass is 16.4. The second-order valence-electron chi connectivity index (χ2n) is 12.0. The molecule has 0 fully saturated rings. The molecule has 1 aliphatic rings. The summed E-state index contributed by atoms with van der Waals surface area (Å²) in [7, 11) is 0. The van der Waals surface area contributed by atoms with Gasteiger partial charge >= 0.3 is 0 Å². The van der Waals surface area contributed by atoms with Gasteiger partial charge in [0.2, 0.25) is 5.89 Å². The monoisotopic (exact) mass is 602 g/mol. The maximum Gasteiger partial charge on any atom is 0.227 e. The first kappa shape index (κ1) is 25.9.